The van der Waals surface area contributed by atoms with Gasteiger partial charge < -0.3 is 10.1 Å². The van der Waals surface area contributed by atoms with E-state index in [1.807, 2.05) is 6.07 Å². The Kier molecular flexibility index (Phi) is 4.86. The molecule has 1 aromatic rings. The molecule has 1 saturated heterocycles. The van der Waals surface area contributed by atoms with Gasteiger partial charge in [0.25, 0.3) is 0 Å². The Balaban J connectivity index is 1.79. The highest BCUT2D eigenvalue weighted by Gasteiger charge is 2.12. The summed E-state index contributed by atoms with van der Waals surface area (Å²) in [5.41, 5.74) is 0.487. The Morgan fingerprint density at radius 2 is 2.39 bits per heavy atom. The maximum absolute atomic E-state index is 8.77. The summed E-state index contributed by atoms with van der Waals surface area (Å²) < 4.78 is 5.67. The van der Waals surface area contributed by atoms with Gasteiger partial charge in [0, 0.05) is 6.07 Å². The number of ether oxygens (including phenoxy) is 1. The predicted molar refractivity (Wildman–Crippen MR) is 71.9 cm³/mol. The zero-order chi connectivity index (χ0) is 12.8. The van der Waals surface area contributed by atoms with Crippen LogP contribution in [0.4, 0.5) is 0 Å². The van der Waals surface area contributed by atoms with Gasteiger partial charge in [-0.05, 0) is 50.4 Å². The summed E-state index contributed by atoms with van der Waals surface area (Å²) in [6.45, 7) is 2.94. The number of nitrogens with one attached hydrogen (secondary N) is 1. The van der Waals surface area contributed by atoms with Crippen LogP contribution in [0.5, 0.6) is 5.75 Å². The molecule has 1 aliphatic rings. The molecule has 0 aromatic heterocycles. The second kappa shape index (κ2) is 6.63. The number of hydrogen-bond donors (Lipinski definition) is 1. The van der Waals surface area contributed by atoms with Gasteiger partial charge in [0.15, 0.2) is 0 Å². The molecule has 4 heteroatoms. The zero-order valence-corrected chi connectivity index (χ0v) is 11.0. The van der Waals surface area contributed by atoms with Gasteiger partial charge in [-0.2, -0.15) is 5.26 Å². The van der Waals surface area contributed by atoms with Crippen LogP contribution in [0.3, 0.4) is 0 Å². The van der Waals surface area contributed by atoms with Crippen molar-refractivity contribution in [3.63, 3.8) is 0 Å². The van der Waals surface area contributed by atoms with Crippen LogP contribution < -0.4 is 10.1 Å². The smallest absolute Gasteiger partial charge is 0.120 e. The van der Waals surface area contributed by atoms with Crippen molar-refractivity contribution >= 4 is 11.6 Å². The summed E-state index contributed by atoms with van der Waals surface area (Å²) in [5, 5.41) is 12.6. The average Bonchev–Trinajstić information content (AvgIpc) is 2.40. The first-order chi connectivity index (χ1) is 8.79. The highest BCUT2D eigenvalue weighted by molar-refractivity contribution is 6.31. The van der Waals surface area contributed by atoms with E-state index < -0.39 is 0 Å². The molecule has 0 radical (unpaired) electrons. The lowest BCUT2D eigenvalue weighted by atomic mass is 9.97. The fourth-order valence-electron chi connectivity index (χ4n) is 2.19. The van der Waals surface area contributed by atoms with E-state index in [1.165, 1.54) is 12.8 Å². The largest absolute Gasteiger partial charge is 0.494 e. The molecule has 1 aromatic carbocycles. The lowest BCUT2D eigenvalue weighted by Crippen LogP contribution is -2.30. The number of halogens is 1. The molecule has 0 spiro atoms. The van der Waals surface area contributed by atoms with Crippen molar-refractivity contribution in [2.75, 3.05) is 19.7 Å². The van der Waals surface area contributed by atoms with E-state index >= 15 is 0 Å². The number of hydrogen-bond acceptors (Lipinski definition) is 3. The lowest BCUT2D eigenvalue weighted by Gasteiger charge is -2.22. The molecule has 2 rings (SSSR count). The van der Waals surface area contributed by atoms with Gasteiger partial charge in [0.05, 0.1) is 17.2 Å². The van der Waals surface area contributed by atoms with Crippen LogP contribution >= 0.6 is 11.6 Å². The van der Waals surface area contributed by atoms with Crippen molar-refractivity contribution in [2.45, 2.75) is 19.3 Å². The van der Waals surface area contributed by atoms with Crippen LogP contribution in [0.15, 0.2) is 18.2 Å². The SMILES string of the molecule is N#Cc1ccc(OCCC2CCCNC2)cc1Cl. The van der Waals surface area contributed by atoms with Crippen LogP contribution in [-0.2, 0) is 0 Å². The molecule has 1 fully saturated rings. The summed E-state index contributed by atoms with van der Waals surface area (Å²) in [5.74, 6) is 1.45. The minimum atomic E-state index is 0.453. The van der Waals surface area contributed by atoms with Gasteiger partial charge in [-0.3, -0.25) is 0 Å². The van der Waals surface area contributed by atoms with Gasteiger partial charge in [-0.25, -0.2) is 0 Å². The van der Waals surface area contributed by atoms with E-state index in [4.69, 9.17) is 21.6 Å². The van der Waals surface area contributed by atoms with Crippen LogP contribution in [0.25, 0.3) is 0 Å². The quantitative estimate of drug-likeness (QED) is 0.909. The van der Waals surface area contributed by atoms with Crippen molar-refractivity contribution in [2.24, 2.45) is 5.92 Å². The second-order valence-corrected chi connectivity index (χ2v) is 5.01. The molecule has 1 aliphatic heterocycles. The highest BCUT2D eigenvalue weighted by Crippen LogP contribution is 2.22. The number of benzene rings is 1. The van der Waals surface area contributed by atoms with E-state index in [2.05, 4.69) is 5.32 Å². The monoisotopic (exact) mass is 264 g/mol. The minimum absolute atomic E-state index is 0.453. The molecule has 1 N–H and O–H groups in total. The number of piperidine rings is 1. The minimum Gasteiger partial charge on any atom is -0.494 e. The zero-order valence-electron chi connectivity index (χ0n) is 10.3. The number of nitriles is 1. The Morgan fingerprint density at radius 1 is 1.50 bits per heavy atom. The maximum Gasteiger partial charge on any atom is 0.120 e. The van der Waals surface area contributed by atoms with E-state index in [9.17, 15) is 0 Å². The molecule has 0 bridgehead atoms. The standard InChI is InChI=1S/C14H17ClN2O/c15-14-8-13(4-3-12(14)9-16)18-7-5-11-2-1-6-17-10-11/h3-4,8,11,17H,1-2,5-7,10H2. The predicted octanol–water partition coefficient (Wildman–Crippen LogP) is 2.98. The fourth-order valence-corrected chi connectivity index (χ4v) is 2.40. The summed E-state index contributed by atoms with van der Waals surface area (Å²) >= 11 is 5.94. The fraction of sp³-hybridized carbons (Fsp3) is 0.500. The Hall–Kier alpha value is -1.24. The number of nitrogens with zero attached hydrogens (tertiary/aromatic N) is 1. The summed E-state index contributed by atoms with van der Waals surface area (Å²) in [4.78, 5) is 0. The summed E-state index contributed by atoms with van der Waals surface area (Å²) in [7, 11) is 0. The second-order valence-electron chi connectivity index (χ2n) is 4.60. The topological polar surface area (TPSA) is 45.0 Å². The van der Waals surface area contributed by atoms with Crippen LogP contribution in [0.2, 0.25) is 5.02 Å². The first-order valence-electron chi connectivity index (χ1n) is 6.33. The van der Waals surface area contributed by atoms with Crippen molar-refractivity contribution in [1.82, 2.24) is 5.32 Å². The first kappa shape index (κ1) is 13.2. The van der Waals surface area contributed by atoms with Gasteiger partial charge in [0.1, 0.15) is 11.8 Å². The Bertz CT molecular complexity index is 436. The molecule has 1 unspecified atom stereocenters. The molecular weight excluding hydrogens is 248 g/mol. The third-order valence-electron chi connectivity index (χ3n) is 3.25. The summed E-state index contributed by atoms with van der Waals surface area (Å²) in [6.07, 6.45) is 3.60. The average molecular weight is 265 g/mol. The third-order valence-corrected chi connectivity index (χ3v) is 3.57. The van der Waals surface area contributed by atoms with E-state index in [1.54, 1.807) is 18.2 Å². The maximum atomic E-state index is 8.77. The Morgan fingerprint density at radius 3 is 3.06 bits per heavy atom. The number of rotatable bonds is 4. The van der Waals surface area contributed by atoms with Crippen molar-refractivity contribution in [3.05, 3.63) is 28.8 Å². The molecule has 1 atom stereocenters. The highest BCUT2D eigenvalue weighted by atomic mass is 35.5. The molecule has 96 valence electrons. The van der Waals surface area contributed by atoms with Crippen molar-refractivity contribution in [1.29, 1.82) is 5.26 Å². The van der Waals surface area contributed by atoms with E-state index in [-0.39, 0.29) is 0 Å². The molecule has 0 saturated carbocycles. The lowest BCUT2D eigenvalue weighted by molar-refractivity contribution is 0.254. The summed E-state index contributed by atoms with van der Waals surface area (Å²) in [6, 6.07) is 7.23. The van der Waals surface area contributed by atoms with Crippen LogP contribution in [0.1, 0.15) is 24.8 Å². The molecule has 1 heterocycles. The molecule has 18 heavy (non-hydrogen) atoms. The first-order valence-corrected chi connectivity index (χ1v) is 6.70. The molecule has 0 aliphatic carbocycles. The normalized spacial score (nSPS) is 19.2. The van der Waals surface area contributed by atoms with E-state index in [0.29, 0.717) is 23.1 Å². The molecule has 0 amide bonds. The third kappa shape index (κ3) is 3.63. The Labute approximate surface area is 113 Å². The van der Waals surface area contributed by atoms with Gasteiger partial charge in [-0.15, -0.1) is 0 Å². The van der Waals surface area contributed by atoms with Crippen molar-refractivity contribution < 1.29 is 4.74 Å². The van der Waals surface area contributed by atoms with Crippen molar-refractivity contribution in [3.8, 4) is 11.8 Å². The van der Waals surface area contributed by atoms with Gasteiger partial charge in [0.2, 0.25) is 0 Å². The van der Waals surface area contributed by atoms with Gasteiger partial charge >= 0.3 is 0 Å². The van der Waals surface area contributed by atoms with Gasteiger partial charge in [-0.1, -0.05) is 11.6 Å². The van der Waals surface area contributed by atoms with Crippen LogP contribution in [-0.4, -0.2) is 19.7 Å². The van der Waals surface area contributed by atoms with E-state index in [0.717, 1.165) is 25.3 Å². The molecular formula is C14H17ClN2O. The van der Waals surface area contributed by atoms with Crippen LogP contribution in [0, 0.1) is 17.2 Å². The molecule has 3 nitrogen and oxygen atoms in total.